The first-order valence-electron chi connectivity index (χ1n) is 11.3. The number of hydrazone groups is 1. The van der Waals surface area contributed by atoms with E-state index in [1.54, 1.807) is 6.08 Å². The number of aliphatic imine (C=N–C) groups is 1. The summed E-state index contributed by atoms with van der Waals surface area (Å²) >= 11 is 1.37. The number of hydrogen-bond acceptors (Lipinski definition) is 5. The highest BCUT2D eigenvalue weighted by molar-refractivity contribution is 8.26. The molecule has 1 N–H and O–H groups in total. The van der Waals surface area contributed by atoms with E-state index < -0.39 is 5.91 Å². The lowest BCUT2D eigenvalue weighted by molar-refractivity contribution is -0.114. The zero-order chi connectivity index (χ0) is 23.7. The average Bonchev–Trinajstić information content (AvgIpc) is 3.39. The number of amides is 1. The largest absolute Gasteiger partial charge is 0.491 e. The molecule has 0 bridgehead atoms. The van der Waals surface area contributed by atoms with Crippen LogP contribution in [0.5, 0.6) is 5.75 Å². The molecule has 3 aromatic rings. The molecular formula is C26H25N5O2S. The molecular weight excluding hydrogens is 446 g/mol. The third-order valence-electron chi connectivity index (χ3n) is 5.76. The van der Waals surface area contributed by atoms with E-state index in [2.05, 4.69) is 21.6 Å². The molecule has 2 aliphatic rings. The Morgan fingerprint density at radius 2 is 1.94 bits per heavy atom. The summed E-state index contributed by atoms with van der Waals surface area (Å²) in [5.41, 5.74) is 3.25. The highest BCUT2D eigenvalue weighted by Gasteiger charge is 2.35. The first kappa shape index (κ1) is 22.2. The number of thioether (sulfide) groups is 1. The fraction of sp³-hybridized carbons (Fsp3) is 0.231. The Hall–Kier alpha value is -3.65. The predicted octanol–water partition coefficient (Wildman–Crippen LogP) is 5.45. The van der Waals surface area contributed by atoms with Crippen LogP contribution in [0.4, 0.5) is 0 Å². The number of ether oxygens (including phenoxy) is 1. The molecule has 0 unspecified atom stereocenters. The van der Waals surface area contributed by atoms with Crippen LogP contribution in [0.1, 0.15) is 30.9 Å². The summed E-state index contributed by atoms with van der Waals surface area (Å²) in [5, 5.41) is 16.9. The number of benzene rings is 2. The van der Waals surface area contributed by atoms with Crippen LogP contribution in [0.2, 0.25) is 0 Å². The van der Waals surface area contributed by atoms with Crippen LogP contribution in [-0.2, 0) is 11.3 Å². The number of fused-ring (bicyclic) bond motifs is 2. The fourth-order valence-electron chi connectivity index (χ4n) is 4.05. The van der Waals surface area contributed by atoms with E-state index in [-0.39, 0.29) is 11.4 Å². The minimum Gasteiger partial charge on any atom is -0.491 e. The van der Waals surface area contributed by atoms with Crippen LogP contribution in [0.3, 0.4) is 0 Å². The van der Waals surface area contributed by atoms with Crippen molar-refractivity contribution in [2.24, 2.45) is 10.1 Å². The number of para-hydroxylation sites is 2. The summed E-state index contributed by atoms with van der Waals surface area (Å²) in [6.45, 7) is 5.27. The smallest absolute Gasteiger partial charge is 0.283 e. The number of amidine groups is 2. The van der Waals surface area contributed by atoms with Crippen molar-refractivity contribution in [3.63, 3.8) is 0 Å². The molecule has 2 aliphatic heterocycles. The van der Waals surface area contributed by atoms with Crippen molar-refractivity contribution < 1.29 is 9.53 Å². The van der Waals surface area contributed by atoms with Gasteiger partial charge in [0.1, 0.15) is 17.4 Å². The molecule has 0 saturated heterocycles. The van der Waals surface area contributed by atoms with Crippen LogP contribution in [0, 0.1) is 12.3 Å². The molecule has 0 aliphatic carbocycles. The second kappa shape index (κ2) is 9.30. The number of aromatic nitrogens is 1. The van der Waals surface area contributed by atoms with Gasteiger partial charge in [-0.05, 0) is 55.3 Å². The molecule has 0 saturated carbocycles. The van der Waals surface area contributed by atoms with E-state index in [1.165, 1.54) is 16.8 Å². The molecule has 1 amide bonds. The van der Waals surface area contributed by atoms with Crippen molar-refractivity contribution in [2.45, 2.75) is 33.2 Å². The Labute approximate surface area is 202 Å². The summed E-state index contributed by atoms with van der Waals surface area (Å²) in [5.74, 6) is 0.535. The minimum absolute atomic E-state index is 0.0633. The molecule has 0 fully saturated rings. The van der Waals surface area contributed by atoms with E-state index >= 15 is 0 Å². The summed E-state index contributed by atoms with van der Waals surface area (Å²) in [6, 6.07) is 16.0. The van der Waals surface area contributed by atoms with Crippen LogP contribution in [0.15, 0.2) is 70.4 Å². The average molecular weight is 472 g/mol. The van der Waals surface area contributed by atoms with Crippen LogP contribution >= 0.6 is 11.8 Å². The van der Waals surface area contributed by atoms with Crippen molar-refractivity contribution in [2.75, 3.05) is 6.61 Å². The quantitative estimate of drug-likeness (QED) is 0.465. The number of nitrogens with one attached hydrogen (secondary N) is 1. The van der Waals surface area contributed by atoms with Gasteiger partial charge in [0, 0.05) is 22.7 Å². The molecule has 8 heteroatoms. The standard InChI is InChI=1S/C26H25N5O2S/c1-3-8-23-29-31-24(27)20(25(32)28-26(31)34-23)15-18-16-30(21-11-6-5-10-19(18)21)13-14-33-22-12-7-4-9-17(22)2/h4-7,9-12,15-16,27H,3,8,13-14H2,1-2H3/b20-15-,27-24?. The third-order valence-corrected chi connectivity index (χ3v) is 6.73. The first-order valence-corrected chi connectivity index (χ1v) is 12.1. The second-order valence-corrected chi connectivity index (χ2v) is 9.21. The van der Waals surface area contributed by atoms with Crippen molar-refractivity contribution in [3.05, 3.63) is 71.4 Å². The number of aryl methyl sites for hydroxylation is 1. The monoisotopic (exact) mass is 471 g/mol. The Morgan fingerprint density at radius 3 is 2.76 bits per heavy atom. The van der Waals surface area contributed by atoms with Gasteiger partial charge in [-0.2, -0.15) is 15.1 Å². The zero-order valence-electron chi connectivity index (χ0n) is 19.1. The Morgan fingerprint density at radius 1 is 1.15 bits per heavy atom. The SMILES string of the molecule is CCCC1=NN2C(=N)/C(=C/c3cn(CCOc4ccccc4C)c4ccccc34)C(=O)N=C2S1. The molecule has 34 heavy (non-hydrogen) atoms. The lowest BCUT2D eigenvalue weighted by Gasteiger charge is -2.20. The number of nitrogens with zero attached hydrogens (tertiary/aromatic N) is 4. The van der Waals surface area contributed by atoms with Gasteiger partial charge in [-0.25, -0.2) is 0 Å². The summed E-state index contributed by atoms with van der Waals surface area (Å²) in [7, 11) is 0. The summed E-state index contributed by atoms with van der Waals surface area (Å²) in [4.78, 5) is 17.0. The topological polar surface area (TPSA) is 83.0 Å². The van der Waals surface area contributed by atoms with Gasteiger partial charge in [0.15, 0.2) is 5.84 Å². The molecule has 0 spiro atoms. The predicted molar refractivity (Wildman–Crippen MR) is 139 cm³/mol. The van der Waals surface area contributed by atoms with Gasteiger partial charge < -0.3 is 9.30 Å². The molecule has 3 heterocycles. The van der Waals surface area contributed by atoms with E-state index in [1.807, 2.05) is 61.7 Å². The van der Waals surface area contributed by atoms with Crippen molar-refractivity contribution in [1.29, 1.82) is 5.41 Å². The maximum Gasteiger partial charge on any atom is 0.283 e. The Balaban J connectivity index is 1.43. The molecule has 172 valence electrons. The van der Waals surface area contributed by atoms with Gasteiger partial charge in [-0.3, -0.25) is 10.2 Å². The van der Waals surface area contributed by atoms with Gasteiger partial charge in [-0.15, -0.1) is 0 Å². The highest BCUT2D eigenvalue weighted by atomic mass is 32.2. The molecule has 1 aromatic heterocycles. The summed E-state index contributed by atoms with van der Waals surface area (Å²) < 4.78 is 8.11. The van der Waals surface area contributed by atoms with Gasteiger partial charge in [0.25, 0.3) is 5.91 Å². The van der Waals surface area contributed by atoms with Crippen LogP contribution in [-0.4, -0.2) is 38.1 Å². The zero-order valence-corrected chi connectivity index (χ0v) is 19.9. The van der Waals surface area contributed by atoms with E-state index in [9.17, 15) is 4.79 Å². The second-order valence-electron chi connectivity index (χ2n) is 8.17. The van der Waals surface area contributed by atoms with E-state index in [4.69, 9.17) is 10.1 Å². The van der Waals surface area contributed by atoms with Crippen molar-refractivity contribution >= 4 is 50.7 Å². The van der Waals surface area contributed by atoms with Gasteiger partial charge >= 0.3 is 0 Å². The minimum atomic E-state index is -0.406. The maximum atomic E-state index is 12.8. The Bertz CT molecular complexity index is 1380. The number of hydrogen-bond donors (Lipinski definition) is 1. The number of carbonyl (C=O) groups is 1. The lowest BCUT2D eigenvalue weighted by atomic mass is 10.1. The van der Waals surface area contributed by atoms with Crippen LogP contribution in [0.25, 0.3) is 17.0 Å². The molecule has 0 atom stereocenters. The van der Waals surface area contributed by atoms with Crippen LogP contribution < -0.4 is 4.74 Å². The van der Waals surface area contributed by atoms with Gasteiger partial charge in [-0.1, -0.05) is 43.3 Å². The highest BCUT2D eigenvalue weighted by Crippen LogP contribution is 2.31. The maximum absolute atomic E-state index is 12.8. The normalized spacial score (nSPS) is 16.8. The fourth-order valence-corrected chi connectivity index (χ4v) is 5.04. The number of carbonyl (C=O) groups excluding carboxylic acids is 1. The summed E-state index contributed by atoms with van der Waals surface area (Å²) in [6.07, 6.45) is 5.51. The van der Waals surface area contributed by atoms with Crippen molar-refractivity contribution in [1.82, 2.24) is 9.58 Å². The van der Waals surface area contributed by atoms with E-state index in [0.29, 0.717) is 18.3 Å². The third kappa shape index (κ3) is 4.17. The molecule has 2 aromatic carbocycles. The molecule has 5 rings (SSSR count). The molecule has 7 nitrogen and oxygen atoms in total. The van der Waals surface area contributed by atoms with Crippen molar-refractivity contribution in [3.8, 4) is 5.75 Å². The molecule has 0 radical (unpaired) electrons. The Kier molecular flexibility index (Phi) is 6.06. The first-order chi connectivity index (χ1) is 16.5. The van der Waals surface area contributed by atoms with Gasteiger partial charge in [0.2, 0.25) is 5.17 Å². The van der Waals surface area contributed by atoms with Gasteiger partial charge in [0.05, 0.1) is 12.1 Å². The van der Waals surface area contributed by atoms with E-state index in [0.717, 1.165) is 45.7 Å². The lowest BCUT2D eigenvalue weighted by Crippen LogP contribution is -2.35. The number of rotatable bonds is 7.